The molecule has 2 rings (SSSR count). The maximum absolute atomic E-state index is 13.6. The molecule has 1 fully saturated rings. The van der Waals surface area contributed by atoms with E-state index in [1.807, 2.05) is 6.07 Å². The van der Waals surface area contributed by atoms with Gasteiger partial charge in [-0.05, 0) is 48.9 Å². The number of anilines is 1. The third-order valence-corrected chi connectivity index (χ3v) is 4.05. The highest BCUT2D eigenvalue weighted by Gasteiger charge is 2.29. The summed E-state index contributed by atoms with van der Waals surface area (Å²) < 4.78 is 13.6. The first kappa shape index (κ1) is 13.3. The number of aliphatic hydroxyl groups is 1. The zero-order valence-electron chi connectivity index (χ0n) is 11.4. The molecule has 1 N–H and O–H groups in total. The Kier molecular flexibility index (Phi) is 3.91. The maximum Gasteiger partial charge on any atom is 0.125 e. The fraction of sp³-hybridized carbons (Fsp3) is 0.600. The highest BCUT2D eigenvalue weighted by atomic mass is 19.1. The van der Waals surface area contributed by atoms with E-state index in [9.17, 15) is 4.39 Å². The van der Waals surface area contributed by atoms with Crippen LogP contribution in [0.5, 0.6) is 0 Å². The second-order valence-electron chi connectivity index (χ2n) is 5.69. The van der Waals surface area contributed by atoms with Gasteiger partial charge in [0.05, 0.1) is 6.61 Å². The second kappa shape index (κ2) is 5.27. The SMILES string of the molecule is CC1CC(C)C(C)N(c2cc(F)cc(CO)c2)C1. The lowest BCUT2D eigenvalue weighted by molar-refractivity contribution is 0.280. The molecule has 1 aromatic rings. The smallest absolute Gasteiger partial charge is 0.125 e. The van der Waals surface area contributed by atoms with Crippen LogP contribution >= 0.6 is 0 Å². The number of hydrogen-bond acceptors (Lipinski definition) is 2. The zero-order valence-corrected chi connectivity index (χ0v) is 11.4. The van der Waals surface area contributed by atoms with E-state index in [4.69, 9.17) is 5.11 Å². The van der Waals surface area contributed by atoms with Crippen LogP contribution in [0.1, 0.15) is 32.8 Å². The van der Waals surface area contributed by atoms with Crippen LogP contribution < -0.4 is 4.90 Å². The van der Waals surface area contributed by atoms with Crippen molar-refractivity contribution in [3.05, 3.63) is 29.6 Å². The van der Waals surface area contributed by atoms with Crippen molar-refractivity contribution in [2.45, 2.75) is 39.8 Å². The molecule has 1 saturated heterocycles. The summed E-state index contributed by atoms with van der Waals surface area (Å²) >= 11 is 0. The first-order chi connectivity index (χ1) is 8.51. The topological polar surface area (TPSA) is 23.5 Å². The molecule has 0 aliphatic carbocycles. The first-order valence-electron chi connectivity index (χ1n) is 6.68. The fourth-order valence-electron chi connectivity index (χ4n) is 2.95. The first-order valence-corrected chi connectivity index (χ1v) is 6.68. The Morgan fingerprint density at radius 3 is 2.67 bits per heavy atom. The van der Waals surface area contributed by atoms with Gasteiger partial charge in [0.1, 0.15) is 5.82 Å². The Morgan fingerprint density at radius 2 is 2.00 bits per heavy atom. The molecule has 0 saturated carbocycles. The van der Waals surface area contributed by atoms with E-state index in [-0.39, 0.29) is 12.4 Å². The number of piperidine rings is 1. The van der Waals surface area contributed by atoms with Crippen molar-refractivity contribution < 1.29 is 9.50 Å². The molecule has 100 valence electrons. The Labute approximate surface area is 108 Å². The van der Waals surface area contributed by atoms with Crippen LogP contribution in [-0.2, 0) is 6.61 Å². The number of aliphatic hydroxyl groups excluding tert-OH is 1. The van der Waals surface area contributed by atoms with Crippen LogP contribution in [0.3, 0.4) is 0 Å². The van der Waals surface area contributed by atoms with Crippen molar-refractivity contribution in [1.82, 2.24) is 0 Å². The Bertz CT molecular complexity index is 421. The van der Waals surface area contributed by atoms with Gasteiger partial charge in [0, 0.05) is 18.3 Å². The van der Waals surface area contributed by atoms with Gasteiger partial charge in [-0.15, -0.1) is 0 Å². The van der Waals surface area contributed by atoms with Crippen molar-refractivity contribution >= 4 is 5.69 Å². The van der Waals surface area contributed by atoms with E-state index in [2.05, 4.69) is 25.7 Å². The normalized spacial score (nSPS) is 28.5. The molecule has 0 amide bonds. The minimum atomic E-state index is -0.269. The lowest BCUT2D eigenvalue weighted by Crippen LogP contribution is -2.45. The van der Waals surface area contributed by atoms with Crippen LogP contribution in [-0.4, -0.2) is 17.7 Å². The van der Waals surface area contributed by atoms with Crippen LogP contribution in [0.4, 0.5) is 10.1 Å². The number of benzene rings is 1. The Morgan fingerprint density at radius 1 is 1.28 bits per heavy atom. The minimum Gasteiger partial charge on any atom is -0.392 e. The van der Waals surface area contributed by atoms with Crippen molar-refractivity contribution in [2.75, 3.05) is 11.4 Å². The van der Waals surface area contributed by atoms with Gasteiger partial charge in [-0.25, -0.2) is 4.39 Å². The van der Waals surface area contributed by atoms with Crippen molar-refractivity contribution in [1.29, 1.82) is 0 Å². The Hall–Kier alpha value is -1.09. The monoisotopic (exact) mass is 251 g/mol. The summed E-state index contributed by atoms with van der Waals surface area (Å²) in [7, 11) is 0. The number of hydrogen-bond donors (Lipinski definition) is 1. The third-order valence-electron chi connectivity index (χ3n) is 4.05. The molecule has 3 atom stereocenters. The number of halogens is 1. The molecule has 0 radical (unpaired) electrons. The van der Waals surface area contributed by atoms with Crippen LogP contribution in [0.15, 0.2) is 18.2 Å². The predicted molar refractivity (Wildman–Crippen MR) is 72.1 cm³/mol. The van der Waals surface area contributed by atoms with Crippen molar-refractivity contribution in [3.63, 3.8) is 0 Å². The predicted octanol–water partition coefficient (Wildman–Crippen LogP) is 3.19. The van der Waals surface area contributed by atoms with E-state index in [1.54, 1.807) is 6.07 Å². The molecule has 1 aliphatic heterocycles. The minimum absolute atomic E-state index is 0.113. The molecule has 18 heavy (non-hydrogen) atoms. The molecule has 0 aromatic heterocycles. The average molecular weight is 251 g/mol. The summed E-state index contributed by atoms with van der Waals surface area (Å²) in [4.78, 5) is 2.26. The van der Waals surface area contributed by atoms with Gasteiger partial charge in [-0.2, -0.15) is 0 Å². The van der Waals surface area contributed by atoms with Gasteiger partial charge in [0.15, 0.2) is 0 Å². The highest BCUT2D eigenvalue weighted by molar-refractivity contribution is 5.50. The molecule has 1 heterocycles. The van der Waals surface area contributed by atoms with Gasteiger partial charge in [0.25, 0.3) is 0 Å². The van der Waals surface area contributed by atoms with E-state index in [1.165, 1.54) is 12.5 Å². The molecule has 0 spiro atoms. The van der Waals surface area contributed by atoms with Gasteiger partial charge in [0.2, 0.25) is 0 Å². The number of rotatable bonds is 2. The maximum atomic E-state index is 13.6. The summed E-state index contributed by atoms with van der Waals surface area (Å²) in [6.07, 6.45) is 1.22. The molecule has 3 heteroatoms. The molecule has 0 bridgehead atoms. The van der Waals surface area contributed by atoms with Crippen molar-refractivity contribution in [3.8, 4) is 0 Å². The quantitative estimate of drug-likeness (QED) is 0.872. The summed E-state index contributed by atoms with van der Waals surface area (Å²) in [6.45, 7) is 7.53. The summed E-state index contributed by atoms with van der Waals surface area (Å²) in [5.74, 6) is 0.960. The van der Waals surface area contributed by atoms with Gasteiger partial charge in [-0.1, -0.05) is 13.8 Å². The molecular weight excluding hydrogens is 229 g/mol. The fourth-order valence-corrected chi connectivity index (χ4v) is 2.95. The third kappa shape index (κ3) is 2.66. The summed E-state index contributed by atoms with van der Waals surface area (Å²) in [5, 5.41) is 9.17. The highest BCUT2D eigenvalue weighted by Crippen LogP contribution is 2.32. The molecule has 1 aliphatic rings. The summed E-state index contributed by atoms with van der Waals surface area (Å²) in [5.41, 5.74) is 1.54. The summed E-state index contributed by atoms with van der Waals surface area (Å²) in [6, 6.07) is 5.27. The second-order valence-corrected chi connectivity index (χ2v) is 5.69. The largest absolute Gasteiger partial charge is 0.392 e. The van der Waals surface area contributed by atoms with Crippen LogP contribution in [0, 0.1) is 17.7 Å². The zero-order chi connectivity index (χ0) is 13.3. The lowest BCUT2D eigenvalue weighted by atomic mass is 9.85. The van der Waals surface area contributed by atoms with Gasteiger partial charge < -0.3 is 10.0 Å². The molecule has 3 unspecified atom stereocenters. The molecule has 2 nitrogen and oxygen atoms in total. The van der Waals surface area contributed by atoms with Crippen LogP contribution in [0.25, 0.3) is 0 Å². The van der Waals surface area contributed by atoms with Gasteiger partial charge >= 0.3 is 0 Å². The molecule has 1 aromatic carbocycles. The number of nitrogens with zero attached hydrogens (tertiary/aromatic N) is 1. The van der Waals surface area contributed by atoms with E-state index < -0.39 is 0 Å². The van der Waals surface area contributed by atoms with E-state index >= 15 is 0 Å². The van der Waals surface area contributed by atoms with Crippen molar-refractivity contribution in [2.24, 2.45) is 11.8 Å². The molecular formula is C15H22FNO. The van der Waals surface area contributed by atoms with E-state index in [0.29, 0.717) is 23.4 Å². The van der Waals surface area contributed by atoms with Crippen LogP contribution in [0.2, 0.25) is 0 Å². The lowest BCUT2D eigenvalue weighted by Gasteiger charge is -2.42. The Balaban J connectivity index is 2.31. The van der Waals surface area contributed by atoms with E-state index in [0.717, 1.165) is 12.2 Å². The van der Waals surface area contributed by atoms with Gasteiger partial charge in [-0.3, -0.25) is 0 Å². The standard InChI is InChI=1S/C15H22FNO/c1-10-4-11(2)12(3)17(8-10)15-6-13(9-18)5-14(16)7-15/h5-7,10-12,18H,4,8-9H2,1-3H3. The average Bonchev–Trinajstić information content (AvgIpc) is 2.32.